The Labute approximate surface area is 144 Å². The van der Waals surface area contributed by atoms with E-state index in [1.54, 1.807) is 0 Å². The van der Waals surface area contributed by atoms with Crippen LogP contribution in [-0.2, 0) is 22.5 Å². The van der Waals surface area contributed by atoms with Crippen molar-refractivity contribution in [1.82, 2.24) is 25.0 Å². The van der Waals surface area contributed by atoms with Crippen molar-refractivity contribution >= 4 is 17.2 Å². The minimum Gasteiger partial charge on any atom is -0.366 e. The van der Waals surface area contributed by atoms with Crippen molar-refractivity contribution in [2.24, 2.45) is 0 Å². The van der Waals surface area contributed by atoms with Crippen molar-refractivity contribution in [2.75, 3.05) is 32.8 Å². The van der Waals surface area contributed by atoms with E-state index < -0.39 is 0 Å². The molecule has 24 heavy (non-hydrogen) atoms. The zero-order chi connectivity index (χ0) is 16.5. The van der Waals surface area contributed by atoms with Crippen molar-refractivity contribution in [2.45, 2.75) is 26.0 Å². The van der Waals surface area contributed by atoms with E-state index in [4.69, 9.17) is 4.74 Å². The van der Waals surface area contributed by atoms with Crippen LogP contribution in [0.2, 0.25) is 0 Å². The maximum absolute atomic E-state index is 12.7. The first-order valence-electron chi connectivity index (χ1n) is 8.25. The molecule has 2 aromatic rings. The lowest BCUT2D eigenvalue weighted by Crippen LogP contribution is -2.47. The number of hydrogen-bond donors (Lipinski definition) is 1. The molecule has 0 aromatic carbocycles. The Kier molecular flexibility index (Phi) is 4.34. The average molecular weight is 347 g/mol. The van der Waals surface area contributed by atoms with E-state index >= 15 is 0 Å². The summed E-state index contributed by atoms with van der Waals surface area (Å²) in [5.74, 6) is 1.55. The summed E-state index contributed by atoms with van der Waals surface area (Å²) in [7, 11) is 0. The second kappa shape index (κ2) is 6.62. The third-order valence-corrected chi connectivity index (χ3v) is 5.59. The lowest BCUT2D eigenvalue weighted by atomic mass is 10.1. The Morgan fingerprint density at radius 1 is 1.50 bits per heavy atom. The van der Waals surface area contributed by atoms with Gasteiger partial charge in [-0.2, -0.15) is 5.10 Å². The highest BCUT2D eigenvalue weighted by molar-refractivity contribution is 7.10. The Morgan fingerprint density at radius 3 is 3.25 bits per heavy atom. The molecule has 0 radical (unpaired) electrons. The van der Waals surface area contributed by atoms with Crippen molar-refractivity contribution in [3.8, 4) is 0 Å². The van der Waals surface area contributed by atoms with Gasteiger partial charge in [0.1, 0.15) is 11.9 Å². The quantitative estimate of drug-likeness (QED) is 0.901. The highest BCUT2D eigenvalue weighted by atomic mass is 32.1. The third-order valence-electron chi connectivity index (χ3n) is 4.57. The highest BCUT2D eigenvalue weighted by Gasteiger charge is 2.29. The number of aromatic nitrogens is 3. The number of ether oxygens (including phenoxy) is 1. The molecular weight excluding hydrogens is 326 g/mol. The van der Waals surface area contributed by atoms with Crippen LogP contribution in [0.1, 0.15) is 28.2 Å². The van der Waals surface area contributed by atoms with Crippen LogP contribution in [0.5, 0.6) is 0 Å². The molecule has 1 atom stereocenters. The predicted octanol–water partition coefficient (Wildman–Crippen LogP) is 1.13. The molecule has 0 saturated carbocycles. The van der Waals surface area contributed by atoms with E-state index in [0.29, 0.717) is 32.1 Å². The molecule has 8 heteroatoms. The minimum atomic E-state index is -0.238. The van der Waals surface area contributed by atoms with Crippen molar-refractivity contribution in [1.29, 1.82) is 0 Å². The summed E-state index contributed by atoms with van der Waals surface area (Å²) in [5.41, 5.74) is 1.37. The van der Waals surface area contributed by atoms with Crippen LogP contribution in [0.25, 0.3) is 0 Å². The molecule has 0 unspecified atom stereocenters. The van der Waals surface area contributed by atoms with Gasteiger partial charge in [-0.3, -0.25) is 14.8 Å². The number of hydrogen-bond acceptors (Lipinski definition) is 6. The molecule has 0 aliphatic carbocycles. The SMILES string of the molecule is Cc1nc([C@H]2CN(C(=O)CN3CCc4sccc4C3)CCO2)n[nH]1. The van der Waals surface area contributed by atoms with Gasteiger partial charge in [0.05, 0.1) is 19.7 Å². The van der Waals surface area contributed by atoms with E-state index in [2.05, 4.69) is 31.5 Å². The monoisotopic (exact) mass is 347 g/mol. The first kappa shape index (κ1) is 15.7. The number of rotatable bonds is 3. The highest BCUT2D eigenvalue weighted by Crippen LogP contribution is 2.24. The number of H-pyrrole nitrogens is 1. The van der Waals surface area contributed by atoms with Crippen molar-refractivity contribution in [3.05, 3.63) is 33.5 Å². The molecule has 1 saturated heterocycles. The van der Waals surface area contributed by atoms with Gasteiger partial charge in [-0.1, -0.05) is 0 Å². The van der Waals surface area contributed by atoms with Gasteiger partial charge in [0.2, 0.25) is 5.91 Å². The number of thiophene rings is 1. The first-order valence-corrected chi connectivity index (χ1v) is 9.13. The molecule has 2 aliphatic rings. The first-order chi connectivity index (χ1) is 11.7. The molecule has 1 fully saturated rings. The zero-order valence-corrected chi connectivity index (χ0v) is 14.5. The standard InChI is InChI=1S/C16H21N5O2S/c1-11-17-16(19-18-11)13-9-21(5-6-23-13)15(22)10-20-4-2-14-12(8-20)3-7-24-14/h3,7,13H,2,4-6,8-10H2,1H3,(H,17,18,19)/t13-/m1/s1. The number of amides is 1. The zero-order valence-electron chi connectivity index (χ0n) is 13.7. The molecule has 2 aliphatic heterocycles. The molecule has 7 nitrogen and oxygen atoms in total. The molecule has 0 bridgehead atoms. The number of morpholine rings is 1. The molecule has 0 spiro atoms. The molecular formula is C16H21N5O2S. The van der Waals surface area contributed by atoms with Gasteiger partial charge in [-0.25, -0.2) is 4.98 Å². The third kappa shape index (κ3) is 3.22. The van der Waals surface area contributed by atoms with Crippen molar-refractivity contribution in [3.63, 3.8) is 0 Å². The maximum atomic E-state index is 12.7. The fourth-order valence-corrected chi connectivity index (χ4v) is 4.16. The van der Waals surface area contributed by atoms with Crippen molar-refractivity contribution < 1.29 is 9.53 Å². The van der Waals surface area contributed by atoms with Crippen LogP contribution in [0.4, 0.5) is 0 Å². The Balaban J connectivity index is 1.36. The molecule has 4 rings (SSSR count). The van der Waals surface area contributed by atoms with Gasteiger partial charge >= 0.3 is 0 Å². The number of nitrogens with one attached hydrogen (secondary N) is 1. The Bertz CT molecular complexity index is 728. The predicted molar refractivity (Wildman–Crippen MR) is 89.7 cm³/mol. The summed E-state index contributed by atoms with van der Waals surface area (Å²) in [6, 6.07) is 2.17. The van der Waals surface area contributed by atoms with Gasteiger partial charge in [-0.05, 0) is 30.4 Å². The molecule has 1 amide bonds. The summed E-state index contributed by atoms with van der Waals surface area (Å²) < 4.78 is 5.73. The van der Waals surface area contributed by atoms with Gasteiger partial charge in [0.15, 0.2) is 5.82 Å². The molecule has 4 heterocycles. The van der Waals surface area contributed by atoms with Gasteiger partial charge < -0.3 is 9.64 Å². The van der Waals surface area contributed by atoms with E-state index in [-0.39, 0.29) is 12.0 Å². The lowest BCUT2D eigenvalue weighted by molar-refractivity contribution is -0.140. The second-order valence-corrected chi connectivity index (χ2v) is 7.31. The fraction of sp³-hybridized carbons (Fsp3) is 0.562. The number of carbonyl (C=O) groups is 1. The smallest absolute Gasteiger partial charge is 0.236 e. The van der Waals surface area contributed by atoms with Crippen LogP contribution >= 0.6 is 11.3 Å². The van der Waals surface area contributed by atoms with E-state index in [1.165, 1.54) is 10.4 Å². The summed E-state index contributed by atoms with van der Waals surface area (Å²) in [6.45, 7) is 5.83. The normalized spacial score (nSPS) is 21.7. The van der Waals surface area contributed by atoms with Crippen LogP contribution in [-0.4, -0.2) is 63.7 Å². The average Bonchev–Trinajstić information content (AvgIpc) is 3.23. The number of nitrogens with zero attached hydrogens (tertiary/aromatic N) is 4. The topological polar surface area (TPSA) is 74.3 Å². The van der Waals surface area contributed by atoms with Gasteiger partial charge in [0, 0.05) is 24.5 Å². The summed E-state index contributed by atoms with van der Waals surface area (Å²) in [6.07, 6.45) is 0.806. The Hall–Kier alpha value is -1.77. The lowest BCUT2D eigenvalue weighted by Gasteiger charge is -2.34. The summed E-state index contributed by atoms with van der Waals surface area (Å²) in [5, 5.41) is 9.13. The minimum absolute atomic E-state index is 0.161. The van der Waals surface area contributed by atoms with Crippen LogP contribution < -0.4 is 0 Å². The Morgan fingerprint density at radius 2 is 2.42 bits per heavy atom. The van der Waals surface area contributed by atoms with Crippen LogP contribution in [0.3, 0.4) is 0 Å². The van der Waals surface area contributed by atoms with E-state index in [1.807, 2.05) is 23.2 Å². The van der Waals surface area contributed by atoms with Gasteiger partial charge in [-0.15, -0.1) is 11.3 Å². The number of aromatic amines is 1. The molecule has 1 N–H and O–H groups in total. The second-order valence-electron chi connectivity index (χ2n) is 6.31. The largest absolute Gasteiger partial charge is 0.366 e. The fourth-order valence-electron chi connectivity index (χ4n) is 3.27. The van der Waals surface area contributed by atoms with E-state index in [9.17, 15) is 4.79 Å². The van der Waals surface area contributed by atoms with Crippen LogP contribution in [0, 0.1) is 6.92 Å². The molecule has 128 valence electrons. The summed E-state index contributed by atoms with van der Waals surface area (Å²) >= 11 is 1.82. The van der Waals surface area contributed by atoms with Gasteiger partial charge in [0.25, 0.3) is 0 Å². The molecule has 2 aromatic heterocycles. The number of aryl methyl sites for hydroxylation is 1. The number of fused-ring (bicyclic) bond motifs is 1. The summed E-state index contributed by atoms with van der Waals surface area (Å²) in [4.78, 5) is 22.6. The number of carbonyl (C=O) groups excluding carboxylic acids is 1. The maximum Gasteiger partial charge on any atom is 0.236 e. The van der Waals surface area contributed by atoms with E-state index in [0.717, 1.165) is 25.3 Å². The van der Waals surface area contributed by atoms with Crippen LogP contribution in [0.15, 0.2) is 11.4 Å².